The van der Waals surface area contributed by atoms with Crippen molar-refractivity contribution in [2.45, 2.75) is 6.61 Å². The van der Waals surface area contributed by atoms with Gasteiger partial charge >= 0.3 is 6.61 Å². The number of hydrogen-bond donors (Lipinski definition) is 1. The number of rotatable bonds is 4. The van der Waals surface area contributed by atoms with E-state index < -0.39 is 12.5 Å². The summed E-state index contributed by atoms with van der Waals surface area (Å²) in [6.45, 7) is -3.00. The number of halogens is 3. The summed E-state index contributed by atoms with van der Waals surface area (Å²) >= 11 is 3.11. The molecule has 0 aliphatic carbocycles. The standard InChI is InChI=1S/C12H8BrF2N3O2/c13-9-5-17-10(6-16-9)18-11(19)7-3-1-2-4-8(7)20-12(14)15/h1-6,12H,(H,17,18,19). The van der Waals surface area contributed by atoms with Crippen LogP contribution in [0.4, 0.5) is 14.6 Å². The number of carbonyl (C=O) groups excluding carboxylic acids is 1. The van der Waals surface area contributed by atoms with Gasteiger partial charge in [-0.15, -0.1) is 0 Å². The molecule has 0 saturated carbocycles. The number of aromatic nitrogens is 2. The first kappa shape index (κ1) is 14.3. The van der Waals surface area contributed by atoms with E-state index in [1.807, 2.05) is 0 Å². The second-order valence-electron chi connectivity index (χ2n) is 3.55. The molecule has 0 spiro atoms. The van der Waals surface area contributed by atoms with Gasteiger partial charge in [0.25, 0.3) is 5.91 Å². The molecule has 0 aliphatic heterocycles. The topological polar surface area (TPSA) is 64.1 Å². The Morgan fingerprint density at radius 1 is 1.25 bits per heavy atom. The predicted octanol–water partition coefficient (Wildman–Crippen LogP) is 3.09. The van der Waals surface area contributed by atoms with Crippen molar-refractivity contribution in [1.29, 1.82) is 0 Å². The number of carbonyl (C=O) groups is 1. The number of alkyl halides is 2. The van der Waals surface area contributed by atoms with Crippen LogP contribution in [0.2, 0.25) is 0 Å². The molecular formula is C12H8BrF2N3O2. The van der Waals surface area contributed by atoms with Crippen molar-refractivity contribution in [2.75, 3.05) is 5.32 Å². The lowest BCUT2D eigenvalue weighted by Gasteiger charge is -2.10. The van der Waals surface area contributed by atoms with Crippen molar-refractivity contribution in [3.8, 4) is 5.75 Å². The number of hydrogen-bond acceptors (Lipinski definition) is 4. The maximum Gasteiger partial charge on any atom is 0.387 e. The Kier molecular flexibility index (Phi) is 4.57. The van der Waals surface area contributed by atoms with Crippen LogP contribution < -0.4 is 10.1 Å². The molecule has 0 unspecified atom stereocenters. The SMILES string of the molecule is O=C(Nc1cnc(Br)cn1)c1ccccc1OC(F)F. The summed E-state index contributed by atoms with van der Waals surface area (Å²) in [5, 5.41) is 2.44. The molecule has 1 heterocycles. The normalized spacial score (nSPS) is 10.4. The van der Waals surface area contributed by atoms with Gasteiger partial charge in [0.2, 0.25) is 0 Å². The van der Waals surface area contributed by atoms with Gasteiger partial charge in [-0.1, -0.05) is 12.1 Å². The second kappa shape index (κ2) is 6.38. The molecule has 1 N–H and O–H groups in total. The summed E-state index contributed by atoms with van der Waals surface area (Å²) in [5.74, 6) is -0.618. The molecule has 0 fully saturated rings. The molecule has 8 heteroatoms. The molecule has 2 aromatic rings. The molecule has 1 aromatic heterocycles. The summed E-state index contributed by atoms with van der Waals surface area (Å²) in [6.07, 6.45) is 2.73. The van der Waals surface area contributed by atoms with Crippen molar-refractivity contribution >= 4 is 27.7 Å². The molecule has 1 amide bonds. The highest BCUT2D eigenvalue weighted by Crippen LogP contribution is 2.21. The molecule has 5 nitrogen and oxygen atoms in total. The maximum absolute atomic E-state index is 12.3. The number of nitrogens with one attached hydrogen (secondary N) is 1. The Morgan fingerprint density at radius 2 is 2.00 bits per heavy atom. The van der Waals surface area contributed by atoms with E-state index in [-0.39, 0.29) is 17.1 Å². The van der Waals surface area contributed by atoms with E-state index in [0.29, 0.717) is 4.60 Å². The quantitative estimate of drug-likeness (QED) is 0.926. The first-order chi connectivity index (χ1) is 9.56. The summed E-state index contributed by atoms with van der Waals surface area (Å²) in [4.78, 5) is 19.8. The van der Waals surface area contributed by atoms with Crippen LogP contribution in [0.25, 0.3) is 0 Å². The van der Waals surface area contributed by atoms with Crippen LogP contribution in [0.1, 0.15) is 10.4 Å². The number of nitrogens with zero attached hydrogens (tertiary/aromatic N) is 2. The largest absolute Gasteiger partial charge is 0.434 e. The van der Waals surface area contributed by atoms with E-state index in [9.17, 15) is 13.6 Å². The minimum Gasteiger partial charge on any atom is -0.434 e. The Labute approximate surface area is 121 Å². The lowest BCUT2D eigenvalue weighted by molar-refractivity contribution is -0.0501. The van der Waals surface area contributed by atoms with Crippen LogP contribution in [0.3, 0.4) is 0 Å². The molecule has 0 atom stereocenters. The number of benzene rings is 1. The number of anilines is 1. The lowest BCUT2D eigenvalue weighted by atomic mass is 10.2. The Morgan fingerprint density at radius 3 is 2.65 bits per heavy atom. The molecule has 1 aromatic carbocycles. The van der Waals surface area contributed by atoms with Gasteiger partial charge in [0, 0.05) is 0 Å². The Balaban J connectivity index is 2.18. The third kappa shape index (κ3) is 3.70. The molecule has 20 heavy (non-hydrogen) atoms. The zero-order chi connectivity index (χ0) is 14.5. The van der Waals surface area contributed by atoms with Crippen LogP contribution in [0, 0.1) is 0 Å². The molecule has 2 rings (SSSR count). The molecule has 0 bridgehead atoms. The van der Waals surface area contributed by atoms with Crippen molar-refractivity contribution in [3.05, 3.63) is 46.8 Å². The van der Waals surface area contributed by atoms with Gasteiger partial charge in [0.1, 0.15) is 10.4 Å². The van der Waals surface area contributed by atoms with Crippen molar-refractivity contribution in [3.63, 3.8) is 0 Å². The maximum atomic E-state index is 12.3. The Hall–Kier alpha value is -2.09. The van der Waals surface area contributed by atoms with Gasteiger partial charge in [-0.2, -0.15) is 8.78 Å². The fourth-order valence-corrected chi connectivity index (χ4v) is 1.62. The first-order valence-electron chi connectivity index (χ1n) is 5.39. The minimum atomic E-state index is -3.00. The van der Waals surface area contributed by atoms with E-state index in [1.54, 1.807) is 6.07 Å². The summed E-state index contributed by atoms with van der Waals surface area (Å²) in [5.41, 5.74) is -0.0162. The van der Waals surface area contributed by atoms with E-state index in [4.69, 9.17) is 0 Å². The number of para-hydroxylation sites is 1. The van der Waals surface area contributed by atoms with Crippen LogP contribution in [-0.4, -0.2) is 22.5 Å². The highest BCUT2D eigenvalue weighted by atomic mass is 79.9. The van der Waals surface area contributed by atoms with Gasteiger partial charge in [-0.3, -0.25) is 4.79 Å². The fraction of sp³-hybridized carbons (Fsp3) is 0.0833. The number of amides is 1. The summed E-state index contributed by atoms with van der Waals surface area (Å²) < 4.78 is 29.3. The monoisotopic (exact) mass is 343 g/mol. The van der Waals surface area contributed by atoms with Crippen LogP contribution >= 0.6 is 15.9 Å². The molecule has 0 radical (unpaired) electrons. The molecule has 0 saturated heterocycles. The third-order valence-corrected chi connectivity index (χ3v) is 2.62. The van der Waals surface area contributed by atoms with Gasteiger partial charge in [-0.05, 0) is 28.1 Å². The van der Waals surface area contributed by atoms with Gasteiger partial charge < -0.3 is 10.1 Å². The van der Waals surface area contributed by atoms with Crippen LogP contribution in [-0.2, 0) is 0 Å². The molecule has 104 valence electrons. The van der Waals surface area contributed by atoms with E-state index in [0.717, 1.165) is 0 Å². The average molecular weight is 344 g/mol. The van der Waals surface area contributed by atoms with Crippen LogP contribution in [0.15, 0.2) is 41.3 Å². The fourth-order valence-electron chi connectivity index (χ4n) is 1.41. The molecular weight excluding hydrogens is 336 g/mol. The van der Waals surface area contributed by atoms with E-state index in [1.165, 1.54) is 30.6 Å². The van der Waals surface area contributed by atoms with Crippen molar-refractivity contribution in [1.82, 2.24) is 9.97 Å². The van der Waals surface area contributed by atoms with Crippen molar-refractivity contribution in [2.24, 2.45) is 0 Å². The minimum absolute atomic E-state index is 0.0162. The third-order valence-electron chi connectivity index (χ3n) is 2.21. The highest BCUT2D eigenvalue weighted by Gasteiger charge is 2.15. The van der Waals surface area contributed by atoms with E-state index >= 15 is 0 Å². The summed E-state index contributed by atoms with van der Waals surface area (Å²) in [7, 11) is 0. The van der Waals surface area contributed by atoms with E-state index in [2.05, 4.69) is 36.0 Å². The zero-order valence-electron chi connectivity index (χ0n) is 9.89. The molecule has 0 aliphatic rings. The van der Waals surface area contributed by atoms with Crippen LogP contribution in [0.5, 0.6) is 5.75 Å². The Bertz CT molecular complexity index is 608. The lowest BCUT2D eigenvalue weighted by Crippen LogP contribution is -2.15. The second-order valence-corrected chi connectivity index (χ2v) is 4.37. The average Bonchev–Trinajstić information content (AvgIpc) is 2.41. The predicted molar refractivity (Wildman–Crippen MR) is 70.8 cm³/mol. The summed E-state index contributed by atoms with van der Waals surface area (Å²) in [6, 6.07) is 5.70. The number of ether oxygens (including phenoxy) is 1. The first-order valence-corrected chi connectivity index (χ1v) is 6.18. The highest BCUT2D eigenvalue weighted by molar-refractivity contribution is 9.10. The van der Waals surface area contributed by atoms with Gasteiger partial charge in [0.05, 0.1) is 18.0 Å². The van der Waals surface area contributed by atoms with Gasteiger partial charge in [-0.25, -0.2) is 9.97 Å². The smallest absolute Gasteiger partial charge is 0.387 e. The van der Waals surface area contributed by atoms with Crippen molar-refractivity contribution < 1.29 is 18.3 Å². The zero-order valence-corrected chi connectivity index (χ0v) is 11.5. The van der Waals surface area contributed by atoms with Gasteiger partial charge in [0.15, 0.2) is 5.82 Å².